The van der Waals surface area contributed by atoms with Gasteiger partial charge in [0, 0.05) is 13.1 Å². The van der Waals surface area contributed by atoms with Crippen LogP contribution in [0.15, 0.2) is 0 Å². The molecule has 1 fully saturated rings. The summed E-state index contributed by atoms with van der Waals surface area (Å²) in [5, 5.41) is 5.97. The lowest BCUT2D eigenvalue weighted by Gasteiger charge is -2.04. The molecule has 1 aromatic rings. The topological polar surface area (TPSA) is 88.8 Å². The van der Waals surface area contributed by atoms with Gasteiger partial charge < -0.3 is 16.4 Å². The number of nitrogens with zero attached hydrogens (tertiary/aromatic N) is 3. The van der Waals surface area contributed by atoms with E-state index in [0.717, 1.165) is 0 Å². The van der Waals surface area contributed by atoms with Crippen LogP contribution in [0.2, 0.25) is 0 Å². The van der Waals surface area contributed by atoms with Crippen LogP contribution in [0.5, 0.6) is 0 Å². The number of nitrogens with one attached hydrogen (secondary N) is 2. The van der Waals surface area contributed by atoms with Gasteiger partial charge in [0.2, 0.25) is 17.8 Å². The van der Waals surface area contributed by atoms with E-state index in [0.29, 0.717) is 17.9 Å². The third-order valence-corrected chi connectivity index (χ3v) is 1.79. The van der Waals surface area contributed by atoms with E-state index < -0.39 is 0 Å². The van der Waals surface area contributed by atoms with Crippen LogP contribution in [-0.2, 0) is 0 Å². The third kappa shape index (κ3) is 1.95. The fraction of sp³-hybridized carbons (Fsp3) is 0.571. The first kappa shape index (κ1) is 8.03. The lowest BCUT2D eigenvalue weighted by molar-refractivity contribution is 1.01. The molecule has 0 unspecified atom stereocenters. The van der Waals surface area contributed by atoms with Crippen molar-refractivity contribution >= 4 is 17.8 Å². The molecule has 1 heterocycles. The van der Waals surface area contributed by atoms with E-state index in [9.17, 15) is 0 Å². The van der Waals surface area contributed by atoms with E-state index in [4.69, 9.17) is 5.73 Å². The number of hydrogen-bond donors (Lipinski definition) is 3. The lowest BCUT2D eigenvalue weighted by Crippen LogP contribution is -2.10. The van der Waals surface area contributed by atoms with Crippen molar-refractivity contribution in [3.8, 4) is 0 Å². The van der Waals surface area contributed by atoms with Gasteiger partial charge in [0.05, 0.1) is 0 Å². The minimum atomic E-state index is 0.238. The molecule has 0 aromatic carbocycles. The van der Waals surface area contributed by atoms with Crippen LogP contribution in [-0.4, -0.2) is 28.0 Å². The fourth-order valence-electron chi connectivity index (χ4n) is 0.979. The molecule has 2 rings (SSSR count). The Morgan fingerprint density at radius 2 is 1.92 bits per heavy atom. The van der Waals surface area contributed by atoms with E-state index in [2.05, 4.69) is 25.6 Å². The maximum Gasteiger partial charge on any atom is 0.229 e. The van der Waals surface area contributed by atoms with Crippen molar-refractivity contribution in [3.63, 3.8) is 0 Å². The van der Waals surface area contributed by atoms with E-state index in [-0.39, 0.29) is 5.95 Å². The van der Waals surface area contributed by atoms with Gasteiger partial charge in [-0.3, -0.25) is 0 Å². The van der Waals surface area contributed by atoms with E-state index in [1.807, 2.05) is 0 Å². The number of anilines is 3. The summed E-state index contributed by atoms with van der Waals surface area (Å²) in [5.74, 6) is 1.29. The van der Waals surface area contributed by atoms with Crippen molar-refractivity contribution in [2.75, 3.05) is 23.4 Å². The number of nitrogens with two attached hydrogens (primary N) is 1. The molecule has 1 aromatic heterocycles. The Morgan fingerprint density at radius 3 is 2.54 bits per heavy atom. The van der Waals surface area contributed by atoms with Crippen molar-refractivity contribution < 1.29 is 0 Å². The summed E-state index contributed by atoms with van der Waals surface area (Å²) in [6.07, 6.45) is 2.36. The molecular weight excluding hydrogens is 168 g/mol. The quantitative estimate of drug-likeness (QED) is 0.610. The van der Waals surface area contributed by atoms with E-state index in [1.165, 1.54) is 12.8 Å². The van der Waals surface area contributed by atoms with Crippen molar-refractivity contribution in [2.24, 2.45) is 0 Å². The van der Waals surface area contributed by atoms with Gasteiger partial charge in [-0.2, -0.15) is 15.0 Å². The van der Waals surface area contributed by atoms with Crippen LogP contribution in [0.4, 0.5) is 17.8 Å². The molecule has 1 aliphatic rings. The molecule has 1 saturated carbocycles. The smallest absolute Gasteiger partial charge is 0.229 e. The van der Waals surface area contributed by atoms with Gasteiger partial charge >= 0.3 is 0 Å². The van der Waals surface area contributed by atoms with Gasteiger partial charge in [0.25, 0.3) is 0 Å². The van der Waals surface area contributed by atoms with Crippen LogP contribution in [0.1, 0.15) is 12.8 Å². The number of hydrogen-bond acceptors (Lipinski definition) is 6. The average Bonchev–Trinajstić information content (AvgIpc) is 2.87. The monoisotopic (exact) mass is 180 g/mol. The molecule has 6 nitrogen and oxygen atoms in total. The predicted molar refractivity (Wildman–Crippen MR) is 50.4 cm³/mol. The summed E-state index contributed by atoms with van der Waals surface area (Å²) in [6, 6.07) is 0.520. The Balaban J connectivity index is 2.17. The zero-order valence-corrected chi connectivity index (χ0v) is 7.41. The van der Waals surface area contributed by atoms with Crippen molar-refractivity contribution in [2.45, 2.75) is 18.9 Å². The Bertz CT molecular complexity index is 308. The van der Waals surface area contributed by atoms with Crippen LogP contribution in [0.25, 0.3) is 0 Å². The highest BCUT2D eigenvalue weighted by molar-refractivity contribution is 5.40. The van der Waals surface area contributed by atoms with E-state index >= 15 is 0 Å². The fourth-order valence-corrected chi connectivity index (χ4v) is 0.979. The zero-order valence-electron chi connectivity index (χ0n) is 7.41. The van der Waals surface area contributed by atoms with Gasteiger partial charge in [-0.1, -0.05) is 0 Å². The predicted octanol–water partition coefficient (Wildman–Crippen LogP) is 0.0698. The molecular formula is C7H12N6. The summed E-state index contributed by atoms with van der Waals surface area (Å²) < 4.78 is 0. The zero-order chi connectivity index (χ0) is 9.26. The van der Waals surface area contributed by atoms with Gasteiger partial charge in [-0.25, -0.2) is 0 Å². The molecule has 0 aliphatic heterocycles. The molecule has 0 amide bonds. The third-order valence-electron chi connectivity index (χ3n) is 1.79. The largest absolute Gasteiger partial charge is 0.368 e. The molecule has 0 radical (unpaired) electrons. The molecule has 6 heteroatoms. The highest BCUT2D eigenvalue weighted by Gasteiger charge is 2.22. The number of nitrogen functional groups attached to an aromatic ring is 1. The number of aromatic nitrogens is 3. The average molecular weight is 180 g/mol. The van der Waals surface area contributed by atoms with Crippen LogP contribution in [0.3, 0.4) is 0 Å². The van der Waals surface area contributed by atoms with Crippen molar-refractivity contribution in [1.29, 1.82) is 0 Å². The standard InChI is InChI=1S/C7H12N6/c1-9-6-11-5(8)12-7(13-6)10-4-2-3-4/h4H,2-3H2,1H3,(H4,8,9,10,11,12,13). The van der Waals surface area contributed by atoms with Crippen LogP contribution >= 0.6 is 0 Å². The van der Waals surface area contributed by atoms with Gasteiger partial charge in [0.1, 0.15) is 0 Å². The first-order chi connectivity index (χ1) is 6.28. The summed E-state index contributed by atoms with van der Waals surface area (Å²) in [7, 11) is 1.75. The first-order valence-electron chi connectivity index (χ1n) is 4.24. The highest BCUT2D eigenvalue weighted by Crippen LogP contribution is 2.23. The number of rotatable bonds is 3. The highest BCUT2D eigenvalue weighted by atomic mass is 15.2. The second kappa shape index (κ2) is 3.04. The summed E-state index contributed by atoms with van der Waals surface area (Å²) in [5.41, 5.74) is 5.49. The van der Waals surface area contributed by atoms with E-state index in [1.54, 1.807) is 7.05 Å². The Hall–Kier alpha value is -1.59. The maximum absolute atomic E-state index is 5.49. The van der Waals surface area contributed by atoms with Gasteiger partial charge in [-0.05, 0) is 12.8 Å². The molecule has 13 heavy (non-hydrogen) atoms. The first-order valence-corrected chi connectivity index (χ1v) is 4.24. The minimum absolute atomic E-state index is 0.238. The Labute approximate surface area is 76.0 Å². The Morgan fingerprint density at radius 1 is 1.23 bits per heavy atom. The second-order valence-electron chi connectivity index (χ2n) is 3.01. The molecule has 0 atom stereocenters. The summed E-state index contributed by atoms with van der Waals surface area (Å²) >= 11 is 0. The maximum atomic E-state index is 5.49. The van der Waals surface area contributed by atoms with Crippen molar-refractivity contribution in [3.05, 3.63) is 0 Å². The molecule has 4 N–H and O–H groups in total. The second-order valence-corrected chi connectivity index (χ2v) is 3.01. The summed E-state index contributed by atoms with van der Waals surface area (Å²) in [4.78, 5) is 12.0. The molecule has 70 valence electrons. The molecule has 0 spiro atoms. The van der Waals surface area contributed by atoms with Crippen LogP contribution in [0, 0.1) is 0 Å². The van der Waals surface area contributed by atoms with Crippen LogP contribution < -0.4 is 16.4 Å². The lowest BCUT2D eigenvalue weighted by atomic mass is 10.7. The van der Waals surface area contributed by atoms with Crippen molar-refractivity contribution in [1.82, 2.24) is 15.0 Å². The summed E-state index contributed by atoms with van der Waals surface area (Å²) in [6.45, 7) is 0. The van der Waals surface area contributed by atoms with Gasteiger partial charge in [-0.15, -0.1) is 0 Å². The normalized spacial score (nSPS) is 15.5. The molecule has 0 bridgehead atoms. The molecule has 1 aliphatic carbocycles. The Kier molecular flexibility index (Phi) is 1.88. The van der Waals surface area contributed by atoms with Gasteiger partial charge in [0.15, 0.2) is 0 Å². The minimum Gasteiger partial charge on any atom is -0.368 e. The molecule has 0 saturated heterocycles. The SMILES string of the molecule is CNc1nc(N)nc(NC2CC2)n1.